The van der Waals surface area contributed by atoms with Crippen molar-refractivity contribution >= 4 is 16.7 Å². The van der Waals surface area contributed by atoms with E-state index in [0.717, 1.165) is 28.0 Å². The van der Waals surface area contributed by atoms with E-state index in [-0.39, 0.29) is 0 Å². The Labute approximate surface area is 114 Å². The lowest BCUT2D eigenvalue weighted by atomic mass is 10.2. The van der Waals surface area contributed by atoms with Crippen molar-refractivity contribution in [3.05, 3.63) is 29.6 Å². The van der Waals surface area contributed by atoms with Crippen LogP contribution < -0.4 is 14.8 Å². The summed E-state index contributed by atoms with van der Waals surface area (Å²) in [7, 11) is 0. The first-order chi connectivity index (χ1) is 9.40. The Kier molecular flexibility index (Phi) is 2.55. The fourth-order valence-electron chi connectivity index (χ4n) is 2.11. The molecule has 1 aromatic heterocycles. The number of fused-ring (bicyclic) bond motifs is 1. The number of anilines is 1. The van der Waals surface area contributed by atoms with Gasteiger partial charge in [-0.2, -0.15) is 4.37 Å². The van der Waals surface area contributed by atoms with Crippen LogP contribution in [0, 0.1) is 0 Å². The number of nitrogens with one attached hydrogen (secondary N) is 1. The first-order valence-corrected chi connectivity index (χ1v) is 7.12. The summed E-state index contributed by atoms with van der Waals surface area (Å²) in [6.45, 7) is 0.975. The van der Waals surface area contributed by atoms with E-state index in [1.54, 1.807) is 0 Å². The molecular weight excluding hydrogens is 262 g/mol. The van der Waals surface area contributed by atoms with Gasteiger partial charge in [-0.05, 0) is 18.9 Å². The summed E-state index contributed by atoms with van der Waals surface area (Å²) >= 11 is 1.43. The molecule has 98 valence electrons. The number of ether oxygens (including phenoxy) is 2. The predicted molar refractivity (Wildman–Crippen MR) is 71.8 cm³/mol. The zero-order valence-electron chi connectivity index (χ0n) is 10.3. The van der Waals surface area contributed by atoms with Gasteiger partial charge in [-0.25, -0.2) is 4.98 Å². The zero-order chi connectivity index (χ0) is 12.7. The molecule has 6 heteroatoms. The third-order valence-corrected chi connectivity index (χ3v) is 3.98. The Morgan fingerprint density at radius 2 is 2.26 bits per heavy atom. The maximum atomic E-state index is 5.48. The Morgan fingerprint density at radius 3 is 3.16 bits per heavy atom. The molecule has 2 aromatic rings. The maximum absolute atomic E-state index is 5.48. The molecular formula is C13H13N3O2S. The van der Waals surface area contributed by atoms with Gasteiger partial charge in [0, 0.05) is 29.6 Å². The van der Waals surface area contributed by atoms with Crippen LogP contribution in [0.5, 0.6) is 11.5 Å². The van der Waals surface area contributed by atoms with Crippen molar-refractivity contribution in [2.24, 2.45) is 0 Å². The van der Waals surface area contributed by atoms with Crippen molar-refractivity contribution in [2.45, 2.75) is 25.3 Å². The molecule has 4 rings (SSSR count). The highest BCUT2D eigenvalue weighted by Crippen LogP contribution is 2.39. The third kappa shape index (κ3) is 2.12. The maximum Gasteiger partial charge on any atom is 0.231 e. The summed E-state index contributed by atoms with van der Waals surface area (Å²) in [5.74, 6) is 3.24. The molecule has 0 saturated heterocycles. The Balaban J connectivity index is 1.48. The number of hydrogen-bond acceptors (Lipinski definition) is 6. The van der Waals surface area contributed by atoms with Gasteiger partial charge in [0.15, 0.2) is 11.5 Å². The van der Waals surface area contributed by atoms with Gasteiger partial charge in [0.25, 0.3) is 0 Å². The number of hydrogen-bond donors (Lipinski definition) is 1. The molecule has 0 bridgehead atoms. The molecule has 0 spiro atoms. The second kappa shape index (κ2) is 4.38. The van der Waals surface area contributed by atoms with E-state index in [2.05, 4.69) is 14.7 Å². The highest BCUT2D eigenvalue weighted by atomic mass is 32.1. The molecule has 0 radical (unpaired) electrons. The largest absolute Gasteiger partial charge is 0.454 e. The molecule has 2 aliphatic rings. The van der Waals surface area contributed by atoms with Crippen LogP contribution in [-0.4, -0.2) is 16.2 Å². The first kappa shape index (κ1) is 11.0. The molecule has 0 unspecified atom stereocenters. The van der Waals surface area contributed by atoms with Gasteiger partial charge in [0.1, 0.15) is 5.82 Å². The lowest BCUT2D eigenvalue weighted by Gasteiger charge is -2.05. The fraction of sp³-hybridized carbons (Fsp3) is 0.385. The van der Waals surface area contributed by atoms with Crippen LogP contribution in [0.25, 0.3) is 0 Å². The van der Waals surface area contributed by atoms with E-state index in [9.17, 15) is 0 Å². The van der Waals surface area contributed by atoms with Crippen molar-refractivity contribution in [2.75, 3.05) is 12.1 Å². The predicted octanol–water partition coefficient (Wildman–Crippen LogP) is 2.76. The monoisotopic (exact) mass is 275 g/mol. The van der Waals surface area contributed by atoms with Crippen LogP contribution in [0.1, 0.15) is 30.1 Å². The Hall–Kier alpha value is -1.82. The summed E-state index contributed by atoms with van der Waals surface area (Å²) in [4.78, 5) is 4.51. The lowest BCUT2D eigenvalue weighted by molar-refractivity contribution is 0.173. The number of nitrogens with zero attached hydrogens (tertiary/aromatic N) is 2. The molecule has 1 aromatic carbocycles. The van der Waals surface area contributed by atoms with Gasteiger partial charge >= 0.3 is 0 Å². The molecule has 19 heavy (non-hydrogen) atoms. The van der Waals surface area contributed by atoms with Gasteiger partial charge in [0.05, 0.1) is 0 Å². The number of aromatic nitrogens is 2. The van der Waals surface area contributed by atoms with Gasteiger partial charge in [0.2, 0.25) is 11.9 Å². The summed E-state index contributed by atoms with van der Waals surface area (Å²) in [6, 6.07) is 5.92. The van der Waals surface area contributed by atoms with Crippen LogP contribution in [0.15, 0.2) is 18.2 Å². The van der Waals surface area contributed by atoms with Gasteiger partial charge in [-0.15, -0.1) is 0 Å². The van der Waals surface area contributed by atoms with Crippen molar-refractivity contribution < 1.29 is 9.47 Å². The van der Waals surface area contributed by atoms with Crippen LogP contribution in [0.3, 0.4) is 0 Å². The van der Waals surface area contributed by atoms with Gasteiger partial charge in [-0.3, -0.25) is 0 Å². The highest BCUT2D eigenvalue weighted by molar-refractivity contribution is 7.09. The number of rotatable bonds is 4. The quantitative estimate of drug-likeness (QED) is 0.929. The molecule has 5 nitrogen and oxygen atoms in total. The average molecular weight is 275 g/mol. The second-order valence-electron chi connectivity index (χ2n) is 4.74. The minimum atomic E-state index is 0.303. The fourth-order valence-corrected chi connectivity index (χ4v) is 2.76. The lowest BCUT2D eigenvalue weighted by Crippen LogP contribution is -2.01. The number of benzene rings is 1. The topological polar surface area (TPSA) is 56.3 Å². The van der Waals surface area contributed by atoms with Crippen LogP contribution in [0.2, 0.25) is 0 Å². The minimum absolute atomic E-state index is 0.303. The first-order valence-electron chi connectivity index (χ1n) is 6.35. The smallest absolute Gasteiger partial charge is 0.231 e. The molecule has 1 aliphatic heterocycles. The number of para-hydroxylation sites is 1. The van der Waals surface area contributed by atoms with Gasteiger partial charge in [-0.1, -0.05) is 12.1 Å². The van der Waals surface area contributed by atoms with Gasteiger partial charge < -0.3 is 14.8 Å². The summed E-state index contributed by atoms with van der Waals surface area (Å²) in [5.41, 5.74) is 1.08. The van der Waals surface area contributed by atoms with E-state index in [1.165, 1.54) is 24.4 Å². The molecule has 1 aliphatic carbocycles. The van der Waals surface area contributed by atoms with E-state index >= 15 is 0 Å². The van der Waals surface area contributed by atoms with Crippen molar-refractivity contribution in [1.82, 2.24) is 9.36 Å². The molecule has 0 amide bonds. The Morgan fingerprint density at radius 1 is 1.32 bits per heavy atom. The van der Waals surface area contributed by atoms with Crippen LogP contribution >= 0.6 is 11.5 Å². The van der Waals surface area contributed by atoms with Crippen molar-refractivity contribution in [1.29, 1.82) is 0 Å². The molecule has 1 fully saturated rings. The van der Waals surface area contributed by atoms with E-state index in [0.29, 0.717) is 19.3 Å². The molecule has 1 N–H and O–H groups in total. The van der Waals surface area contributed by atoms with Crippen molar-refractivity contribution in [3.63, 3.8) is 0 Å². The van der Waals surface area contributed by atoms with Crippen LogP contribution in [0.4, 0.5) is 5.13 Å². The van der Waals surface area contributed by atoms with E-state index < -0.39 is 0 Å². The highest BCUT2D eigenvalue weighted by Gasteiger charge is 2.27. The summed E-state index contributed by atoms with van der Waals surface area (Å²) < 4.78 is 15.2. The Bertz CT molecular complexity index is 610. The average Bonchev–Trinajstić information content (AvgIpc) is 3.00. The summed E-state index contributed by atoms with van der Waals surface area (Å²) in [6.07, 6.45) is 2.46. The molecule has 2 heterocycles. The zero-order valence-corrected chi connectivity index (χ0v) is 11.1. The van der Waals surface area contributed by atoms with Crippen molar-refractivity contribution in [3.8, 4) is 11.5 Å². The third-order valence-electron chi connectivity index (χ3n) is 3.29. The molecule has 0 atom stereocenters. The second-order valence-corrected chi connectivity index (χ2v) is 5.49. The summed E-state index contributed by atoms with van der Waals surface area (Å²) in [5, 5.41) is 4.18. The minimum Gasteiger partial charge on any atom is -0.454 e. The standard InChI is InChI=1S/C13H13N3O2S/c1-2-9(11-10(3-1)17-7-18-11)6-14-13-15-12(16-19-13)8-4-5-8/h1-3,8H,4-7H2,(H,14,15,16). The normalized spacial score (nSPS) is 16.6. The van der Waals surface area contributed by atoms with E-state index in [1.807, 2.05) is 18.2 Å². The SMILES string of the molecule is c1cc(CNc2nc(C3CC3)ns2)c2c(c1)OCO2. The van der Waals surface area contributed by atoms with Crippen LogP contribution in [-0.2, 0) is 6.54 Å². The van der Waals surface area contributed by atoms with E-state index in [4.69, 9.17) is 9.47 Å². The molecule has 1 saturated carbocycles.